The van der Waals surface area contributed by atoms with Crippen LogP contribution in [-0.2, 0) is 11.2 Å². The Kier molecular flexibility index (Phi) is 3.96. The Balaban J connectivity index is 1.74. The lowest BCUT2D eigenvalue weighted by Crippen LogP contribution is -2.38. The molecule has 1 aromatic rings. The molecule has 1 amide bonds. The van der Waals surface area contributed by atoms with Crippen molar-refractivity contribution in [3.8, 4) is 0 Å². The molecule has 1 fully saturated rings. The first kappa shape index (κ1) is 12.3. The van der Waals surface area contributed by atoms with Gasteiger partial charge in [-0.15, -0.1) is 11.3 Å². The molecule has 0 saturated carbocycles. The van der Waals surface area contributed by atoms with Crippen LogP contribution >= 0.6 is 11.3 Å². The van der Waals surface area contributed by atoms with Gasteiger partial charge in [0.25, 0.3) is 0 Å². The minimum atomic E-state index is 0.0237. The minimum Gasteiger partial charge on any atom is -0.375 e. The third kappa shape index (κ3) is 3.41. The fourth-order valence-electron chi connectivity index (χ4n) is 2.10. The number of hydrogen-bond acceptors (Lipinski definition) is 5. The highest BCUT2D eigenvalue weighted by atomic mass is 32.1. The van der Waals surface area contributed by atoms with E-state index in [1.165, 1.54) is 24.2 Å². The second kappa shape index (κ2) is 5.46. The summed E-state index contributed by atoms with van der Waals surface area (Å²) >= 11 is 1.37. The Morgan fingerprint density at radius 2 is 2.59 bits per heavy atom. The number of carbonyl (C=O) groups is 1. The first-order valence-corrected chi connectivity index (χ1v) is 6.70. The van der Waals surface area contributed by atoms with Gasteiger partial charge < -0.3 is 16.0 Å². The van der Waals surface area contributed by atoms with Crippen molar-refractivity contribution in [3.05, 3.63) is 11.1 Å². The van der Waals surface area contributed by atoms with Gasteiger partial charge in [-0.3, -0.25) is 4.79 Å². The molecule has 1 atom stereocenters. The van der Waals surface area contributed by atoms with E-state index in [4.69, 9.17) is 5.73 Å². The topological polar surface area (TPSA) is 71.2 Å². The maximum Gasteiger partial charge on any atom is 0.226 e. The summed E-state index contributed by atoms with van der Waals surface area (Å²) in [5.41, 5.74) is 6.27. The molecule has 1 saturated heterocycles. The van der Waals surface area contributed by atoms with Crippen molar-refractivity contribution in [2.75, 3.05) is 25.9 Å². The summed E-state index contributed by atoms with van der Waals surface area (Å²) in [6.45, 7) is 1.86. The summed E-state index contributed by atoms with van der Waals surface area (Å²) in [6, 6.07) is 0.486. The van der Waals surface area contributed by atoms with E-state index in [0.717, 1.165) is 18.8 Å². The molecule has 0 radical (unpaired) electrons. The molecular weight excluding hydrogens is 236 g/mol. The predicted molar refractivity (Wildman–Crippen MR) is 68.9 cm³/mol. The van der Waals surface area contributed by atoms with E-state index < -0.39 is 0 Å². The standard InChI is InChI=1S/C11H18N4OS/c1-15-4-2-3-9(15)6-13-10(16)5-8-7-17-11(12)14-8/h7,9H,2-6H2,1H3,(H2,12,14)(H,13,16). The Hall–Kier alpha value is -1.14. The number of nitrogens with zero attached hydrogens (tertiary/aromatic N) is 2. The number of amides is 1. The molecule has 3 N–H and O–H groups in total. The SMILES string of the molecule is CN1CCCC1CNC(=O)Cc1csc(N)n1. The van der Waals surface area contributed by atoms with E-state index in [0.29, 0.717) is 17.6 Å². The van der Waals surface area contributed by atoms with Crippen LogP contribution in [0.3, 0.4) is 0 Å². The van der Waals surface area contributed by atoms with Gasteiger partial charge in [-0.2, -0.15) is 0 Å². The van der Waals surface area contributed by atoms with Gasteiger partial charge in [-0.25, -0.2) is 4.98 Å². The average Bonchev–Trinajstić information content (AvgIpc) is 2.85. The molecular formula is C11H18N4OS. The zero-order valence-corrected chi connectivity index (χ0v) is 10.8. The van der Waals surface area contributed by atoms with Gasteiger partial charge in [0.2, 0.25) is 5.91 Å². The van der Waals surface area contributed by atoms with Crippen molar-refractivity contribution in [2.45, 2.75) is 25.3 Å². The van der Waals surface area contributed by atoms with Crippen LogP contribution in [0.4, 0.5) is 5.13 Å². The molecule has 5 nitrogen and oxygen atoms in total. The van der Waals surface area contributed by atoms with Crippen molar-refractivity contribution >= 4 is 22.4 Å². The van der Waals surface area contributed by atoms with E-state index >= 15 is 0 Å². The zero-order chi connectivity index (χ0) is 12.3. The second-order valence-electron chi connectivity index (χ2n) is 4.43. The highest BCUT2D eigenvalue weighted by Gasteiger charge is 2.21. The lowest BCUT2D eigenvalue weighted by atomic mass is 10.2. The van der Waals surface area contributed by atoms with Crippen molar-refractivity contribution in [2.24, 2.45) is 0 Å². The third-order valence-electron chi connectivity index (χ3n) is 3.12. The van der Waals surface area contributed by atoms with Crippen molar-refractivity contribution in [3.63, 3.8) is 0 Å². The molecule has 1 aliphatic rings. The van der Waals surface area contributed by atoms with Crippen LogP contribution in [-0.4, -0.2) is 42.0 Å². The van der Waals surface area contributed by atoms with E-state index in [9.17, 15) is 4.79 Å². The largest absolute Gasteiger partial charge is 0.375 e. The van der Waals surface area contributed by atoms with Crippen LogP contribution in [0.2, 0.25) is 0 Å². The molecule has 94 valence electrons. The molecule has 0 aliphatic carbocycles. The molecule has 1 unspecified atom stereocenters. The number of anilines is 1. The summed E-state index contributed by atoms with van der Waals surface area (Å²) < 4.78 is 0. The van der Waals surface area contributed by atoms with Crippen LogP contribution in [0.1, 0.15) is 18.5 Å². The van der Waals surface area contributed by atoms with E-state index in [-0.39, 0.29) is 5.91 Å². The minimum absolute atomic E-state index is 0.0237. The van der Waals surface area contributed by atoms with Gasteiger partial charge in [0.15, 0.2) is 5.13 Å². The molecule has 2 rings (SSSR count). The van der Waals surface area contributed by atoms with Crippen LogP contribution in [0.25, 0.3) is 0 Å². The first-order chi connectivity index (χ1) is 8.15. The lowest BCUT2D eigenvalue weighted by Gasteiger charge is -2.19. The zero-order valence-electron chi connectivity index (χ0n) is 9.98. The third-order valence-corrected chi connectivity index (χ3v) is 3.84. The highest BCUT2D eigenvalue weighted by molar-refractivity contribution is 7.13. The molecule has 0 spiro atoms. The van der Waals surface area contributed by atoms with Crippen LogP contribution < -0.4 is 11.1 Å². The van der Waals surface area contributed by atoms with Gasteiger partial charge in [0, 0.05) is 18.0 Å². The number of nitrogen functional groups attached to an aromatic ring is 1. The summed E-state index contributed by atoms with van der Waals surface area (Å²) in [6.07, 6.45) is 2.71. The maximum atomic E-state index is 11.7. The van der Waals surface area contributed by atoms with E-state index in [1.54, 1.807) is 0 Å². The molecule has 6 heteroatoms. The lowest BCUT2D eigenvalue weighted by molar-refractivity contribution is -0.120. The summed E-state index contributed by atoms with van der Waals surface area (Å²) in [4.78, 5) is 18.0. The quantitative estimate of drug-likeness (QED) is 0.820. The van der Waals surface area contributed by atoms with Gasteiger partial charge >= 0.3 is 0 Å². The average molecular weight is 254 g/mol. The van der Waals surface area contributed by atoms with Crippen molar-refractivity contribution < 1.29 is 4.79 Å². The van der Waals surface area contributed by atoms with Crippen LogP contribution in [0.5, 0.6) is 0 Å². The fourth-order valence-corrected chi connectivity index (χ4v) is 2.66. The number of rotatable bonds is 4. The fraction of sp³-hybridized carbons (Fsp3) is 0.636. The van der Waals surface area contributed by atoms with Crippen LogP contribution in [0, 0.1) is 0 Å². The first-order valence-electron chi connectivity index (χ1n) is 5.82. The van der Waals surface area contributed by atoms with E-state index in [1.807, 2.05) is 5.38 Å². The monoisotopic (exact) mass is 254 g/mol. The predicted octanol–water partition coefficient (Wildman–Crippen LogP) is 0.478. The summed E-state index contributed by atoms with van der Waals surface area (Å²) in [5.74, 6) is 0.0237. The normalized spacial score (nSPS) is 20.6. The molecule has 0 bridgehead atoms. The molecule has 0 aromatic carbocycles. The number of nitrogens with two attached hydrogens (primary N) is 1. The Morgan fingerprint density at radius 1 is 1.76 bits per heavy atom. The molecule has 1 aliphatic heterocycles. The number of thiazole rings is 1. The number of likely N-dealkylation sites (N-methyl/N-ethyl adjacent to an activating group) is 1. The summed E-state index contributed by atoms with van der Waals surface area (Å²) in [7, 11) is 2.10. The van der Waals surface area contributed by atoms with Gasteiger partial charge in [-0.1, -0.05) is 0 Å². The number of aromatic nitrogens is 1. The van der Waals surface area contributed by atoms with Gasteiger partial charge in [0.05, 0.1) is 12.1 Å². The summed E-state index contributed by atoms with van der Waals surface area (Å²) in [5, 5.41) is 5.30. The van der Waals surface area contributed by atoms with Crippen LogP contribution in [0.15, 0.2) is 5.38 Å². The van der Waals surface area contributed by atoms with Gasteiger partial charge in [-0.05, 0) is 26.4 Å². The van der Waals surface area contributed by atoms with E-state index in [2.05, 4.69) is 22.2 Å². The smallest absolute Gasteiger partial charge is 0.226 e. The number of hydrogen-bond donors (Lipinski definition) is 2. The maximum absolute atomic E-state index is 11.7. The van der Waals surface area contributed by atoms with Crippen molar-refractivity contribution in [1.29, 1.82) is 0 Å². The number of carbonyl (C=O) groups excluding carboxylic acids is 1. The Bertz CT molecular complexity index is 393. The number of likely N-dealkylation sites (tertiary alicyclic amines) is 1. The second-order valence-corrected chi connectivity index (χ2v) is 5.32. The molecule has 2 heterocycles. The number of nitrogens with one attached hydrogen (secondary N) is 1. The Morgan fingerprint density at radius 3 is 3.18 bits per heavy atom. The Labute approximate surface area is 105 Å². The van der Waals surface area contributed by atoms with Gasteiger partial charge in [0.1, 0.15) is 0 Å². The van der Waals surface area contributed by atoms with Crippen molar-refractivity contribution in [1.82, 2.24) is 15.2 Å². The molecule has 1 aromatic heterocycles. The highest BCUT2D eigenvalue weighted by Crippen LogP contribution is 2.14. The molecule has 17 heavy (non-hydrogen) atoms.